The number of amides is 1. The predicted octanol–water partition coefficient (Wildman–Crippen LogP) is 1.48. The third-order valence-electron chi connectivity index (χ3n) is 4.00. The van der Waals surface area contributed by atoms with E-state index in [2.05, 4.69) is 49.0 Å². The molecule has 0 bridgehead atoms. The zero-order valence-corrected chi connectivity index (χ0v) is 14.0. The van der Waals surface area contributed by atoms with Gasteiger partial charge in [0.2, 0.25) is 0 Å². The fourth-order valence-corrected chi connectivity index (χ4v) is 3.26. The summed E-state index contributed by atoms with van der Waals surface area (Å²) in [6.45, 7) is 6.93. The topological polar surface area (TPSA) is 61.4 Å². The van der Waals surface area contributed by atoms with Crippen molar-refractivity contribution >= 4 is 23.1 Å². The highest BCUT2D eigenvalue weighted by Crippen LogP contribution is 2.15. The van der Waals surface area contributed by atoms with Crippen LogP contribution in [-0.4, -0.2) is 59.2 Å². The van der Waals surface area contributed by atoms with Gasteiger partial charge in [0.05, 0.1) is 0 Å². The molecule has 3 rings (SSSR count). The third-order valence-corrected chi connectivity index (χ3v) is 4.50. The Bertz CT molecular complexity index is 611. The van der Waals surface area contributed by atoms with E-state index in [0.29, 0.717) is 5.69 Å². The quantitative estimate of drug-likeness (QED) is 0.899. The summed E-state index contributed by atoms with van der Waals surface area (Å²) in [5.41, 5.74) is 1.68. The van der Waals surface area contributed by atoms with Crippen LogP contribution in [-0.2, 0) is 0 Å². The highest BCUT2D eigenvalue weighted by molar-refractivity contribution is 7.03. The first-order valence-corrected chi connectivity index (χ1v) is 8.66. The van der Waals surface area contributed by atoms with Crippen molar-refractivity contribution in [2.24, 2.45) is 0 Å². The van der Waals surface area contributed by atoms with Crippen LogP contribution in [0.25, 0.3) is 0 Å². The first-order chi connectivity index (χ1) is 11.2. The fourth-order valence-electron chi connectivity index (χ4n) is 2.82. The van der Waals surface area contributed by atoms with Crippen molar-refractivity contribution in [3.63, 3.8) is 0 Å². The Morgan fingerprint density at radius 2 is 2.00 bits per heavy atom. The number of nitrogens with zero attached hydrogens (tertiary/aromatic N) is 4. The Hall–Kier alpha value is -1.99. The number of para-hydroxylation sites is 1. The van der Waals surface area contributed by atoms with Crippen LogP contribution in [0.5, 0.6) is 0 Å². The Balaban J connectivity index is 1.44. The number of carbonyl (C=O) groups excluding carboxylic acids is 1. The van der Waals surface area contributed by atoms with Gasteiger partial charge in [0.25, 0.3) is 5.91 Å². The Morgan fingerprint density at radius 1 is 1.26 bits per heavy atom. The molecule has 23 heavy (non-hydrogen) atoms. The van der Waals surface area contributed by atoms with Gasteiger partial charge in [0, 0.05) is 49.8 Å². The highest BCUT2D eigenvalue weighted by atomic mass is 32.1. The molecule has 2 heterocycles. The van der Waals surface area contributed by atoms with Crippen molar-refractivity contribution in [1.82, 2.24) is 19.8 Å². The molecule has 0 spiro atoms. The number of benzene rings is 1. The number of hydrogen-bond donors (Lipinski definition) is 1. The summed E-state index contributed by atoms with van der Waals surface area (Å²) in [6.07, 6.45) is 0. The molecule has 1 N–H and O–H groups in total. The number of nitrogens with one attached hydrogen (secondary N) is 1. The van der Waals surface area contributed by atoms with Gasteiger partial charge in [-0.2, -0.15) is 0 Å². The summed E-state index contributed by atoms with van der Waals surface area (Å²) in [5, 5.41) is 8.45. The Morgan fingerprint density at radius 3 is 2.65 bits per heavy atom. The lowest BCUT2D eigenvalue weighted by Crippen LogP contribution is -2.50. The van der Waals surface area contributed by atoms with Gasteiger partial charge in [-0.1, -0.05) is 22.7 Å². The fraction of sp³-hybridized carbons (Fsp3) is 0.438. The predicted molar refractivity (Wildman–Crippen MR) is 91.9 cm³/mol. The smallest absolute Gasteiger partial charge is 0.272 e. The van der Waals surface area contributed by atoms with Crippen molar-refractivity contribution in [2.45, 2.75) is 13.0 Å². The summed E-state index contributed by atoms with van der Waals surface area (Å²) in [4.78, 5) is 16.8. The minimum Gasteiger partial charge on any atom is -0.369 e. The van der Waals surface area contributed by atoms with Crippen LogP contribution >= 0.6 is 11.5 Å². The summed E-state index contributed by atoms with van der Waals surface area (Å²) >= 11 is 1.19. The van der Waals surface area contributed by atoms with Crippen molar-refractivity contribution in [3.05, 3.63) is 41.4 Å². The first kappa shape index (κ1) is 15.9. The second-order valence-corrected chi connectivity index (χ2v) is 6.40. The van der Waals surface area contributed by atoms with Gasteiger partial charge >= 0.3 is 0 Å². The molecule has 1 atom stereocenters. The van der Waals surface area contributed by atoms with Gasteiger partial charge < -0.3 is 10.2 Å². The van der Waals surface area contributed by atoms with Crippen LogP contribution < -0.4 is 10.2 Å². The van der Waals surface area contributed by atoms with E-state index in [1.807, 2.05) is 13.0 Å². The van der Waals surface area contributed by atoms with Gasteiger partial charge in [-0.15, -0.1) is 5.10 Å². The van der Waals surface area contributed by atoms with Gasteiger partial charge in [-0.25, -0.2) is 0 Å². The van der Waals surface area contributed by atoms with E-state index in [1.165, 1.54) is 17.2 Å². The van der Waals surface area contributed by atoms with Crippen molar-refractivity contribution in [1.29, 1.82) is 0 Å². The zero-order chi connectivity index (χ0) is 16.1. The molecule has 1 aromatic heterocycles. The highest BCUT2D eigenvalue weighted by Gasteiger charge is 2.20. The second-order valence-electron chi connectivity index (χ2n) is 5.79. The maximum atomic E-state index is 12.0. The summed E-state index contributed by atoms with van der Waals surface area (Å²) in [7, 11) is 0. The summed E-state index contributed by atoms with van der Waals surface area (Å²) < 4.78 is 3.72. The molecule has 0 aliphatic carbocycles. The van der Waals surface area contributed by atoms with Crippen LogP contribution in [0, 0.1) is 0 Å². The maximum absolute atomic E-state index is 12.0. The van der Waals surface area contributed by atoms with Crippen LogP contribution in [0.15, 0.2) is 35.7 Å². The largest absolute Gasteiger partial charge is 0.369 e. The van der Waals surface area contributed by atoms with E-state index >= 15 is 0 Å². The average Bonchev–Trinajstić information content (AvgIpc) is 3.11. The van der Waals surface area contributed by atoms with Crippen molar-refractivity contribution in [2.75, 3.05) is 37.6 Å². The molecule has 1 saturated heterocycles. The minimum absolute atomic E-state index is 0.0903. The number of rotatable bonds is 5. The van der Waals surface area contributed by atoms with Crippen LogP contribution in [0.2, 0.25) is 0 Å². The summed E-state index contributed by atoms with van der Waals surface area (Å²) in [5.74, 6) is -0.144. The van der Waals surface area contributed by atoms with Crippen molar-refractivity contribution < 1.29 is 4.79 Å². The van der Waals surface area contributed by atoms with Gasteiger partial charge in [0.1, 0.15) is 0 Å². The molecule has 1 amide bonds. The Kier molecular flexibility index (Phi) is 5.19. The molecule has 0 saturated carbocycles. The molecule has 2 aromatic rings. The maximum Gasteiger partial charge on any atom is 0.272 e. The van der Waals surface area contributed by atoms with Gasteiger partial charge in [-0.3, -0.25) is 9.69 Å². The van der Waals surface area contributed by atoms with Crippen molar-refractivity contribution in [3.8, 4) is 0 Å². The molecule has 1 unspecified atom stereocenters. The normalized spacial score (nSPS) is 17.0. The van der Waals surface area contributed by atoms with Gasteiger partial charge in [-0.05, 0) is 30.6 Å². The number of aromatic nitrogens is 2. The van der Waals surface area contributed by atoms with E-state index in [9.17, 15) is 4.79 Å². The monoisotopic (exact) mass is 331 g/mol. The molecule has 7 heteroatoms. The van der Waals surface area contributed by atoms with E-state index in [-0.39, 0.29) is 11.9 Å². The number of hydrogen-bond acceptors (Lipinski definition) is 6. The number of piperazine rings is 1. The molecule has 122 valence electrons. The van der Waals surface area contributed by atoms with Crippen LogP contribution in [0.4, 0.5) is 5.69 Å². The standard InChI is InChI=1S/C16H21N5OS/c1-13(17-16(22)15-12-23-19-18-15)11-20-7-9-21(10-8-20)14-5-3-2-4-6-14/h2-6,12-13H,7-11H2,1H3,(H,17,22). The SMILES string of the molecule is CC(CN1CCN(c2ccccc2)CC1)NC(=O)c1csnn1. The van der Waals surface area contributed by atoms with Gasteiger partial charge in [0.15, 0.2) is 5.69 Å². The minimum atomic E-state index is -0.144. The van der Waals surface area contributed by atoms with Crippen LogP contribution in [0.1, 0.15) is 17.4 Å². The van der Waals surface area contributed by atoms with E-state index in [1.54, 1.807) is 5.38 Å². The number of carbonyl (C=O) groups is 1. The molecular formula is C16H21N5OS. The third kappa shape index (κ3) is 4.27. The molecule has 1 fully saturated rings. The molecule has 1 aliphatic rings. The zero-order valence-electron chi connectivity index (χ0n) is 13.2. The Labute approximate surface area is 140 Å². The van der Waals surface area contributed by atoms with E-state index in [0.717, 1.165) is 32.7 Å². The van der Waals surface area contributed by atoms with E-state index in [4.69, 9.17) is 0 Å². The molecule has 1 aromatic carbocycles. The van der Waals surface area contributed by atoms with Crippen LogP contribution in [0.3, 0.4) is 0 Å². The average molecular weight is 331 g/mol. The number of anilines is 1. The lowest BCUT2D eigenvalue weighted by Gasteiger charge is -2.37. The lowest BCUT2D eigenvalue weighted by atomic mass is 10.2. The summed E-state index contributed by atoms with van der Waals surface area (Å²) in [6, 6.07) is 10.6. The second kappa shape index (κ2) is 7.52. The molecule has 0 radical (unpaired) electrons. The molecule has 1 aliphatic heterocycles. The van der Waals surface area contributed by atoms with E-state index < -0.39 is 0 Å². The molecular weight excluding hydrogens is 310 g/mol. The first-order valence-electron chi connectivity index (χ1n) is 7.82. The lowest BCUT2D eigenvalue weighted by molar-refractivity contribution is 0.0923. The molecule has 6 nitrogen and oxygen atoms in total.